The summed E-state index contributed by atoms with van der Waals surface area (Å²) in [5, 5.41) is 0. The zero-order chi connectivity index (χ0) is 19.4. The number of hydrogen-bond acceptors (Lipinski definition) is 3. The molecule has 0 saturated heterocycles. The lowest BCUT2D eigenvalue weighted by atomic mass is 10.1. The quantitative estimate of drug-likeness (QED) is 0.432. The third kappa shape index (κ3) is 6.76. The van der Waals surface area contributed by atoms with E-state index in [0.717, 1.165) is 11.1 Å². The van der Waals surface area contributed by atoms with Crippen molar-refractivity contribution in [1.29, 1.82) is 0 Å². The molecule has 0 heterocycles. The second kappa shape index (κ2) is 11.2. The van der Waals surface area contributed by atoms with Gasteiger partial charge < -0.3 is 9.47 Å². The van der Waals surface area contributed by atoms with E-state index in [1.807, 2.05) is 60.8 Å². The largest absolute Gasteiger partial charge is 0.374 e. The average Bonchev–Trinajstić information content (AvgIpc) is 2.77. The molecule has 0 fully saturated rings. The van der Waals surface area contributed by atoms with Crippen LogP contribution >= 0.6 is 0 Å². The first-order valence-electron chi connectivity index (χ1n) is 9.66. The number of rotatable bonds is 10. The summed E-state index contributed by atoms with van der Waals surface area (Å²) in [6.45, 7) is 3.65. The second-order valence-corrected chi connectivity index (χ2v) is 6.72. The molecule has 0 radical (unpaired) electrons. The van der Waals surface area contributed by atoms with E-state index in [4.69, 9.17) is 14.5 Å². The minimum atomic E-state index is -0.199. The average molecular weight is 373 g/mol. The molecule has 0 spiro atoms. The molecular weight excluding hydrogens is 346 g/mol. The highest BCUT2D eigenvalue weighted by atomic mass is 16.5. The van der Waals surface area contributed by atoms with Crippen LogP contribution in [0, 0.1) is 0 Å². The highest BCUT2D eigenvalue weighted by Gasteiger charge is 2.09. The van der Waals surface area contributed by atoms with Crippen LogP contribution in [0.5, 0.6) is 0 Å². The van der Waals surface area contributed by atoms with Gasteiger partial charge in [0.05, 0.1) is 25.9 Å². The van der Waals surface area contributed by atoms with E-state index in [-0.39, 0.29) is 12.1 Å². The molecule has 0 bridgehead atoms. The van der Waals surface area contributed by atoms with Crippen molar-refractivity contribution in [3.05, 3.63) is 108 Å². The summed E-state index contributed by atoms with van der Waals surface area (Å²) < 4.78 is 12.0. The molecule has 144 valence electrons. The first-order valence-corrected chi connectivity index (χ1v) is 9.66. The Labute approximate surface area is 167 Å². The Morgan fingerprint density at radius 3 is 1.89 bits per heavy atom. The van der Waals surface area contributed by atoms with E-state index in [1.165, 1.54) is 5.56 Å². The summed E-state index contributed by atoms with van der Waals surface area (Å²) in [6.07, 6.45) is 1.68. The van der Waals surface area contributed by atoms with Crippen molar-refractivity contribution in [2.24, 2.45) is 4.99 Å². The maximum Gasteiger partial charge on any atom is 0.116 e. The first-order chi connectivity index (χ1) is 13.8. The van der Waals surface area contributed by atoms with Crippen LogP contribution in [0.2, 0.25) is 0 Å². The summed E-state index contributed by atoms with van der Waals surface area (Å²) in [5.41, 5.74) is 3.48. The molecule has 0 aliphatic carbocycles. The molecule has 3 heteroatoms. The van der Waals surface area contributed by atoms with Gasteiger partial charge in [-0.25, -0.2) is 0 Å². The fraction of sp³-hybridized carbons (Fsp3) is 0.240. The number of benzene rings is 3. The normalized spacial score (nSPS) is 13.5. The maximum absolute atomic E-state index is 6.08. The summed E-state index contributed by atoms with van der Waals surface area (Å²) in [7, 11) is 0. The highest BCUT2D eigenvalue weighted by Crippen LogP contribution is 2.15. The molecule has 0 aliphatic heterocycles. The maximum atomic E-state index is 6.08. The van der Waals surface area contributed by atoms with E-state index < -0.39 is 0 Å². The first kappa shape index (κ1) is 20.0. The minimum Gasteiger partial charge on any atom is -0.374 e. The Kier molecular flexibility index (Phi) is 7.98. The van der Waals surface area contributed by atoms with Gasteiger partial charge in [0.15, 0.2) is 0 Å². The summed E-state index contributed by atoms with van der Waals surface area (Å²) in [6, 6.07) is 30.7. The van der Waals surface area contributed by atoms with Gasteiger partial charge in [-0.3, -0.25) is 4.99 Å². The van der Waals surface area contributed by atoms with Gasteiger partial charge >= 0.3 is 0 Å². The van der Waals surface area contributed by atoms with Crippen LogP contribution in [0.15, 0.2) is 96.0 Å². The summed E-state index contributed by atoms with van der Waals surface area (Å²) in [4.78, 5) is 4.70. The standard InChI is InChI=1S/C25H27NO2/c1-21(24-15-9-4-10-16-24)26-17-25(28-19-23-13-7-3-8-14-23)20-27-18-22-11-5-2-6-12-22/h2-17,21,25H,18-20H2,1H3/t21-,25-/m0/s1. The van der Waals surface area contributed by atoms with Gasteiger partial charge in [-0.05, 0) is 23.6 Å². The van der Waals surface area contributed by atoms with Crippen LogP contribution < -0.4 is 0 Å². The van der Waals surface area contributed by atoms with E-state index in [2.05, 4.69) is 43.3 Å². The predicted octanol–water partition coefficient (Wildman–Crippen LogP) is 5.62. The molecule has 0 N–H and O–H groups in total. The molecule has 0 unspecified atom stereocenters. The molecule has 3 rings (SSSR count). The van der Waals surface area contributed by atoms with Crippen molar-refractivity contribution in [3.8, 4) is 0 Å². The van der Waals surface area contributed by atoms with Crippen LogP contribution in [0.4, 0.5) is 0 Å². The predicted molar refractivity (Wildman–Crippen MR) is 114 cm³/mol. The number of hydrogen-bond donors (Lipinski definition) is 0. The van der Waals surface area contributed by atoms with Crippen molar-refractivity contribution >= 4 is 6.21 Å². The Morgan fingerprint density at radius 1 is 0.750 bits per heavy atom. The van der Waals surface area contributed by atoms with Crippen molar-refractivity contribution in [1.82, 2.24) is 0 Å². The molecule has 2 atom stereocenters. The number of nitrogens with zero attached hydrogens (tertiary/aromatic N) is 1. The van der Waals surface area contributed by atoms with E-state index in [0.29, 0.717) is 19.8 Å². The minimum absolute atomic E-state index is 0.0816. The van der Waals surface area contributed by atoms with Gasteiger partial charge in [0.1, 0.15) is 6.10 Å². The molecule has 0 aliphatic rings. The molecule has 3 aromatic rings. The topological polar surface area (TPSA) is 30.8 Å². The molecule has 3 aromatic carbocycles. The van der Waals surface area contributed by atoms with Gasteiger partial charge in [-0.15, -0.1) is 0 Å². The van der Waals surface area contributed by atoms with Crippen LogP contribution in [0.1, 0.15) is 29.7 Å². The Bertz CT molecular complexity index is 819. The lowest BCUT2D eigenvalue weighted by Crippen LogP contribution is -2.22. The van der Waals surface area contributed by atoms with E-state index in [9.17, 15) is 0 Å². The van der Waals surface area contributed by atoms with Crippen molar-refractivity contribution < 1.29 is 9.47 Å². The van der Waals surface area contributed by atoms with Gasteiger partial charge in [0.25, 0.3) is 0 Å². The van der Waals surface area contributed by atoms with Crippen LogP contribution in [-0.4, -0.2) is 18.9 Å². The smallest absolute Gasteiger partial charge is 0.116 e. The third-order valence-corrected chi connectivity index (χ3v) is 4.46. The Balaban J connectivity index is 1.58. The van der Waals surface area contributed by atoms with Gasteiger partial charge in [-0.2, -0.15) is 0 Å². The van der Waals surface area contributed by atoms with Crippen LogP contribution in [0.3, 0.4) is 0 Å². The molecule has 0 amide bonds. The molecule has 0 aromatic heterocycles. The van der Waals surface area contributed by atoms with Crippen molar-refractivity contribution in [2.45, 2.75) is 32.3 Å². The zero-order valence-corrected chi connectivity index (χ0v) is 16.3. The van der Waals surface area contributed by atoms with Crippen LogP contribution in [0.25, 0.3) is 0 Å². The summed E-state index contributed by atoms with van der Waals surface area (Å²) >= 11 is 0. The van der Waals surface area contributed by atoms with Crippen LogP contribution in [-0.2, 0) is 22.7 Å². The highest BCUT2D eigenvalue weighted by molar-refractivity contribution is 5.63. The summed E-state index contributed by atoms with van der Waals surface area (Å²) in [5.74, 6) is 0. The molecule has 0 saturated carbocycles. The molecular formula is C25H27NO2. The van der Waals surface area contributed by atoms with Gasteiger partial charge in [0, 0.05) is 6.21 Å². The fourth-order valence-electron chi connectivity index (χ4n) is 2.82. The fourth-order valence-corrected chi connectivity index (χ4v) is 2.82. The lowest BCUT2D eigenvalue weighted by Gasteiger charge is -2.16. The number of ether oxygens (including phenoxy) is 2. The zero-order valence-electron chi connectivity index (χ0n) is 16.3. The van der Waals surface area contributed by atoms with Gasteiger partial charge in [0.2, 0.25) is 0 Å². The van der Waals surface area contributed by atoms with Crippen molar-refractivity contribution in [2.75, 3.05) is 6.61 Å². The molecule has 28 heavy (non-hydrogen) atoms. The Morgan fingerprint density at radius 2 is 1.29 bits per heavy atom. The number of aliphatic imine (C=N–C) groups is 1. The monoisotopic (exact) mass is 373 g/mol. The van der Waals surface area contributed by atoms with E-state index >= 15 is 0 Å². The van der Waals surface area contributed by atoms with Gasteiger partial charge in [-0.1, -0.05) is 91.0 Å². The molecule has 3 nitrogen and oxygen atoms in total. The third-order valence-electron chi connectivity index (χ3n) is 4.46. The SMILES string of the molecule is C[C@H](N=C[C@@H](COCc1ccccc1)OCc1ccccc1)c1ccccc1. The Hall–Kier alpha value is -2.75. The lowest BCUT2D eigenvalue weighted by molar-refractivity contribution is 0.00638. The van der Waals surface area contributed by atoms with E-state index in [1.54, 1.807) is 0 Å². The van der Waals surface area contributed by atoms with Crippen molar-refractivity contribution in [3.63, 3.8) is 0 Å². The second-order valence-electron chi connectivity index (χ2n) is 6.72.